The molecule has 0 spiro atoms. The Bertz CT molecular complexity index is 573. The predicted octanol–water partition coefficient (Wildman–Crippen LogP) is 4.55. The van der Waals surface area contributed by atoms with Gasteiger partial charge in [0.25, 0.3) is 0 Å². The first kappa shape index (κ1) is 12.4. The number of nitrogens with zero attached hydrogens (tertiary/aromatic N) is 1. The molecule has 0 radical (unpaired) electrons. The van der Waals surface area contributed by atoms with Crippen LogP contribution >= 0.6 is 27.5 Å². The summed E-state index contributed by atoms with van der Waals surface area (Å²) < 4.78 is 41.0. The molecule has 0 unspecified atom stereocenters. The van der Waals surface area contributed by atoms with Crippen molar-refractivity contribution in [1.82, 2.24) is 4.98 Å². The first-order valence-electron chi connectivity index (χ1n) is 4.37. The maximum Gasteiger partial charge on any atom is 0.573 e. The zero-order valence-electron chi connectivity index (χ0n) is 8.05. The molecule has 2 rings (SSSR count). The Morgan fingerprint density at radius 1 is 1.18 bits per heavy atom. The molecule has 0 fully saturated rings. The molecule has 1 aromatic carbocycles. The summed E-state index contributed by atoms with van der Waals surface area (Å²) in [4.78, 5) is 3.94. The van der Waals surface area contributed by atoms with Gasteiger partial charge in [0, 0.05) is 9.86 Å². The van der Waals surface area contributed by atoms with Gasteiger partial charge < -0.3 is 4.74 Å². The lowest BCUT2D eigenvalue weighted by molar-refractivity contribution is -0.274. The van der Waals surface area contributed by atoms with Gasteiger partial charge in [0.1, 0.15) is 10.9 Å². The van der Waals surface area contributed by atoms with E-state index in [9.17, 15) is 13.2 Å². The maximum atomic E-state index is 12.2. The van der Waals surface area contributed by atoms with Gasteiger partial charge in [-0.15, -0.1) is 13.2 Å². The number of fused-ring (bicyclic) bond motifs is 1. The lowest BCUT2D eigenvalue weighted by atomic mass is 10.2. The maximum absolute atomic E-state index is 12.2. The number of ether oxygens (including phenoxy) is 1. The zero-order valence-corrected chi connectivity index (χ0v) is 10.4. The molecule has 0 amide bonds. The summed E-state index contributed by atoms with van der Waals surface area (Å²) in [6, 6.07) is 5.47. The quantitative estimate of drug-likeness (QED) is 0.717. The molecule has 0 bridgehead atoms. The molecule has 2 nitrogen and oxygen atoms in total. The number of rotatable bonds is 1. The number of alkyl halides is 3. The monoisotopic (exact) mass is 325 g/mol. The first-order valence-corrected chi connectivity index (χ1v) is 5.54. The van der Waals surface area contributed by atoms with Crippen LogP contribution in [0.2, 0.25) is 5.15 Å². The highest BCUT2D eigenvalue weighted by Gasteiger charge is 2.32. The fourth-order valence-corrected chi connectivity index (χ4v) is 1.93. The van der Waals surface area contributed by atoms with E-state index in [-0.39, 0.29) is 16.3 Å². The van der Waals surface area contributed by atoms with Crippen molar-refractivity contribution in [2.75, 3.05) is 0 Å². The van der Waals surface area contributed by atoms with E-state index >= 15 is 0 Å². The molecule has 0 aliphatic carbocycles. The second-order valence-electron chi connectivity index (χ2n) is 3.12. The molecule has 7 heteroatoms. The van der Waals surface area contributed by atoms with Crippen molar-refractivity contribution in [3.8, 4) is 5.75 Å². The summed E-state index contributed by atoms with van der Waals surface area (Å²) in [5.74, 6) is -0.306. The Labute approximate surface area is 107 Å². The van der Waals surface area contributed by atoms with Crippen LogP contribution in [0.3, 0.4) is 0 Å². The smallest absolute Gasteiger partial charge is 0.405 e. The van der Waals surface area contributed by atoms with Crippen molar-refractivity contribution in [1.29, 1.82) is 0 Å². The van der Waals surface area contributed by atoms with Gasteiger partial charge in [0.2, 0.25) is 0 Å². The van der Waals surface area contributed by atoms with Gasteiger partial charge in [-0.1, -0.05) is 11.6 Å². The number of aromatic nitrogens is 1. The number of pyridine rings is 1. The van der Waals surface area contributed by atoms with Crippen molar-refractivity contribution in [2.24, 2.45) is 0 Å². The van der Waals surface area contributed by atoms with Gasteiger partial charge in [-0.2, -0.15) is 0 Å². The minimum atomic E-state index is -4.74. The minimum Gasteiger partial charge on any atom is -0.405 e. The van der Waals surface area contributed by atoms with Crippen LogP contribution in [0, 0.1) is 0 Å². The van der Waals surface area contributed by atoms with Crippen LogP contribution in [0.25, 0.3) is 10.9 Å². The van der Waals surface area contributed by atoms with Gasteiger partial charge in [0.05, 0.1) is 5.52 Å². The van der Waals surface area contributed by atoms with Crippen molar-refractivity contribution in [3.63, 3.8) is 0 Å². The van der Waals surface area contributed by atoms with Crippen molar-refractivity contribution >= 4 is 38.4 Å². The van der Waals surface area contributed by atoms with E-state index in [1.54, 1.807) is 0 Å². The van der Waals surface area contributed by atoms with Crippen molar-refractivity contribution in [2.45, 2.75) is 6.36 Å². The molecule has 2 aromatic rings. The highest BCUT2D eigenvalue weighted by Crippen LogP contribution is 2.34. The zero-order chi connectivity index (χ0) is 12.6. The Morgan fingerprint density at radius 3 is 2.53 bits per heavy atom. The van der Waals surface area contributed by atoms with E-state index < -0.39 is 6.36 Å². The second-order valence-corrected chi connectivity index (χ2v) is 4.37. The normalized spacial score (nSPS) is 11.8. The van der Waals surface area contributed by atoms with Crippen LogP contribution in [0.15, 0.2) is 28.7 Å². The number of halogens is 5. The second kappa shape index (κ2) is 4.34. The summed E-state index contributed by atoms with van der Waals surface area (Å²) >= 11 is 8.87. The number of hydrogen-bond donors (Lipinski definition) is 0. The van der Waals surface area contributed by atoms with Gasteiger partial charge in [-0.3, -0.25) is 0 Å². The van der Waals surface area contributed by atoms with Gasteiger partial charge >= 0.3 is 6.36 Å². The fraction of sp³-hybridized carbons (Fsp3) is 0.100. The van der Waals surface area contributed by atoms with E-state index in [1.807, 2.05) is 0 Å². The molecule has 0 atom stereocenters. The van der Waals surface area contributed by atoms with E-state index in [0.717, 1.165) is 0 Å². The van der Waals surface area contributed by atoms with E-state index in [2.05, 4.69) is 25.7 Å². The molecule has 0 saturated carbocycles. The van der Waals surface area contributed by atoms with Crippen LogP contribution in [0.5, 0.6) is 5.75 Å². The fourth-order valence-electron chi connectivity index (χ4n) is 1.35. The minimum absolute atomic E-state index is 0.197. The van der Waals surface area contributed by atoms with E-state index in [1.165, 1.54) is 24.3 Å². The van der Waals surface area contributed by atoms with Crippen LogP contribution < -0.4 is 4.74 Å². The van der Waals surface area contributed by atoms with Crippen LogP contribution in [0.1, 0.15) is 0 Å². The lowest BCUT2D eigenvalue weighted by Gasteiger charge is -2.11. The third-order valence-electron chi connectivity index (χ3n) is 1.96. The summed E-state index contributed by atoms with van der Waals surface area (Å²) in [5.41, 5.74) is 0.319. The first-order chi connectivity index (χ1) is 7.87. The predicted molar refractivity (Wildman–Crippen MR) is 61.1 cm³/mol. The van der Waals surface area contributed by atoms with Crippen molar-refractivity contribution < 1.29 is 17.9 Å². The summed E-state index contributed by atoms with van der Waals surface area (Å²) in [6.45, 7) is 0. The SMILES string of the molecule is FC(F)(F)Oc1ccc(Br)c2nc(Cl)ccc12. The highest BCUT2D eigenvalue weighted by atomic mass is 79.9. The Balaban J connectivity index is 2.62. The average molecular weight is 326 g/mol. The summed E-state index contributed by atoms with van der Waals surface area (Å²) in [5, 5.41) is 0.434. The van der Waals surface area contributed by atoms with Crippen LogP contribution in [-0.4, -0.2) is 11.3 Å². The summed E-state index contributed by atoms with van der Waals surface area (Å²) in [7, 11) is 0. The molecular weight excluding hydrogens is 322 g/mol. The standard InChI is InChI=1S/C10H4BrClF3NO/c11-6-2-3-7(17-10(13,14)15)5-1-4-8(12)16-9(5)6/h1-4H. The Hall–Kier alpha value is -1.01. The van der Waals surface area contributed by atoms with Gasteiger partial charge in [0.15, 0.2) is 0 Å². The number of hydrogen-bond acceptors (Lipinski definition) is 2. The van der Waals surface area contributed by atoms with Crippen molar-refractivity contribution in [3.05, 3.63) is 33.9 Å². The van der Waals surface area contributed by atoms with Crippen LogP contribution in [-0.2, 0) is 0 Å². The molecule has 1 aromatic heterocycles. The van der Waals surface area contributed by atoms with Gasteiger partial charge in [-0.05, 0) is 40.2 Å². The topological polar surface area (TPSA) is 22.1 Å². The Morgan fingerprint density at radius 2 is 1.88 bits per heavy atom. The molecule has 0 aliphatic rings. The third kappa shape index (κ3) is 2.81. The van der Waals surface area contributed by atoms with Gasteiger partial charge in [-0.25, -0.2) is 4.98 Å². The molecule has 17 heavy (non-hydrogen) atoms. The molecule has 0 saturated heterocycles. The summed E-state index contributed by atoms with van der Waals surface area (Å²) in [6.07, 6.45) is -4.74. The largest absolute Gasteiger partial charge is 0.573 e. The van der Waals surface area contributed by atoms with Crippen LogP contribution in [0.4, 0.5) is 13.2 Å². The molecule has 90 valence electrons. The number of benzene rings is 1. The lowest BCUT2D eigenvalue weighted by Crippen LogP contribution is -2.17. The molecule has 1 heterocycles. The third-order valence-corrected chi connectivity index (χ3v) is 2.81. The molecular formula is C10H4BrClF3NO. The average Bonchev–Trinajstić information content (AvgIpc) is 2.21. The Kier molecular flexibility index (Phi) is 3.18. The van der Waals surface area contributed by atoms with E-state index in [0.29, 0.717) is 9.99 Å². The highest BCUT2D eigenvalue weighted by molar-refractivity contribution is 9.10. The van der Waals surface area contributed by atoms with E-state index in [4.69, 9.17) is 11.6 Å². The molecule has 0 aliphatic heterocycles. The molecule has 0 N–H and O–H groups in total.